The number of hydrogen-bond acceptors (Lipinski definition) is 3. The molecule has 1 unspecified atom stereocenters. The van der Waals surface area contributed by atoms with Gasteiger partial charge in [-0.25, -0.2) is 4.39 Å². The van der Waals surface area contributed by atoms with Crippen molar-refractivity contribution in [2.45, 2.75) is 19.4 Å². The minimum atomic E-state index is -0.278. The number of hydrogen-bond donors (Lipinski definition) is 1. The minimum Gasteiger partial charge on any atom is -0.384 e. The van der Waals surface area contributed by atoms with Gasteiger partial charge in [0.2, 0.25) is 0 Å². The van der Waals surface area contributed by atoms with Crippen molar-refractivity contribution in [1.29, 1.82) is 0 Å². The quantitative estimate of drug-likeness (QED) is 0.862. The van der Waals surface area contributed by atoms with Crippen LogP contribution in [0.3, 0.4) is 0 Å². The van der Waals surface area contributed by atoms with E-state index in [9.17, 15) is 4.39 Å². The summed E-state index contributed by atoms with van der Waals surface area (Å²) in [6, 6.07) is 4.85. The summed E-state index contributed by atoms with van der Waals surface area (Å²) < 4.78 is 18.9. The van der Waals surface area contributed by atoms with Crippen LogP contribution in [0.4, 0.5) is 4.39 Å². The fraction of sp³-hybridized carbons (Fsp3) is 0.529. The van der Waals surface area contributed by atoms with Gasteiger partial charge in [-0.15, -0.1) is 0 Å². The van der Waals surface area contributed by atoms with Crippen molar-refractivity contribution in [2.24, 2.45) is 5.92 Å². The van der Waals surface area contributed by atoms with E-state index in [4.69, 9.17) is 9.84 Å². The third-order valence-corrected chi connectivity index (χ3v) is 3.68. The van der Waals surface area contributed by atoms with E-state index in [-0.39, 0.29) is 12.4 Å². The molecule has 0 amide bonds. The second-order valence-corrected chi connectivity index (χ2v) is 5.51. The lowest BCUT2D eigenvalue weighted by molar-refractivity contribution is 0.0873. The molecule has 2 rings (SSSR count). The molecule has 0 aliphatic carbocycles. The Bertz CT molecular complexity index is 519. The third-order valence-electron chi connectivity index (χ3n) is 3.68. The van der Waals surface area contributed by atoms with E-state index in [1.807, 2.05) is 6.07 Å². The molecule has 21 heavy (non-hydrogen) atoms. The van der Waals surface area contributed by atoms with Gasteiger partial charge in [0.25, 0.3) is 0 Å². The van der Waals surface area contributed by atoms with E-state index in [1.54, 1.807) is 13.2 Å². The Morgan fingerprint density at radius 2 is 2.29 bits per heavy atom. The van der Waals surface area contributed by atoms with Gasteiger partial charge < -0.3 is 9.84 Å². The molecule has 1 aromatic rings. The summed E-state index contributed by atoms with van der Waals surface area (Å²) in [5.41, 5.74) is 1.54. The van der Waals surface area contributed by atoms with E-state index in [0.717, 1.165) is 38.2 Å². The number of aliphatic hydroxyl groups is 1. The van der Waals surface area contributed by atoms with E-state index in [1.165, 1.54) is 12.5 Å². The molecule has 1 aliphatic rings. The number of likely N-dealkylation sites (tertiary alicyclic amines) is 1. The maximum atomic E-state index is 13.6. The number of ether oxygens (including phenoxy) is 1. The SMILES string of the molecule is COCC1CCCN(Cc2cc(F)cc(C#CCO)c2)C1. The highest BCUT2D eigenvalue weighted by atomic mass is 19.1. The lowest BCUT2D eigenvalue weighted by atomic mass is 9.98. The molecule has 4 heteroatoms. The van der Waals surface area contributed by atoms with Crippen LogP contribution in [0.25, 0.3) is 0 Å². The maximum absolute atomic E-state index is 13.6. The first-order chi connectivity index (χ1) is 10.2. The first-order valence-electron chi connectivity index (χ1n) is 7.31. The van der Waals surface area contributed by atoms with Crippen molar-refractivity contribution in [1.82, 2.24) is 4.90 Å². The van der Waals surface area contributed by atoms with Gasteiger partial charge in [0.05, 0.1) is 6.61 Å². The van der Waals surface area contributed by atoms with Crippen LogP contribution in [0, 0.1) is 23.6 Å². The average Bonchev–Trinajstić information content (AvgIpc) is 2.45. The molecule has 0 radical (unpaired) electrons. The highest BCUT2D eigenvalue weighted by Gasteiger charge is 2.19. The van der Waals surface area contributed by atoms with Gasteiger partial charge in [-0.3, -0.25) is 4.90 Å². The van der Waals surface area contributed by atoms with Crippen molar-refractivity contribution in [3.63, 3.8) is 0 Å². The Hall–Kier alpha value is -1.41. The predicted molar refractivity (Wildman–Crippen MR) is 80.2 cm³/mol. The highest BCUT2D eigenvalue weighted by molar-refractivity contribution is 5.37. The minimum absolute atomic E-state index is 0.212. The maximum Gasteiger partial charge on any atom is 0.124 e. The van der Waals surface area contributed by atoms with Gasteiger partial charge in [-0.1, -0.05) is 11.8 Å². The van der Waals surface area contributed by atoms with E-state index in [2.05, 4.69) is 16.7 Å². The summed E-state index contributed by atoms with van der Waals surface area (Å²) in [7, 11) is 1.73. The molecule has 1 aliphatic heterocycles. The standard InChI is InChI=1S/C17H22FNO2/c1-21-13-15-4-2-6-19(11-15)12-16-8-14(5-3-7-20)9-17(18)10-16/h8-10,15,20H,2,4,6-7,11-13H2,1H3. The van der Waals surface area contributed by atoms with Crippen LogP contribution in [-0.2, 0) is 11.3 Å². The molecule has 0 bridgehead atoms. The molecule has 1 fully saturated rings. The summed E-state index contributed by atoms with van der Waals surface area (Å²) in [4.78, 5) is 2.34. The number of piperidine rings is 1. The van der Waals surface area contributed by atoms with Gasteiger partial charge in [-0.05, 0) is 49.1 Å². The normalized spacial score (nSPS) is 19.1. The topological polar surface area (TPSA) is 32.7 Å². The largest absolute Gasteiger partial charge is 0.384 e. The zero-order chi connectivity index (χ0) is 15.1. The van der Waals surface area contributed by atoms with E-state index in [0.29, 0.717) is 11.5 Å². The van der Waals surface area contributed by atoms with Crippen LogP contribution < -0.4 is 0 Å². The first kappa shape index (κ1) is 16.0. The monoisotopic (exact) mass is 291 g/mol. The van der Waals surface area contributed by atoms with Crippen molar-refractivity contribution < 1.29 is 14.2 Å². The molecule has 1 atom stereocenters. The molecule has 1 aromatic carbocycles. The third kappa shape index (κ3) is 5.13. The van der Waals surface area contributed by atoms with Crippen molar-refractivity contribution in [2.75, 3.05) is 33.4 Å². The lowest BCUT2D eigenvalue weighted by Crippen LogP contribution is -2.36. The summed E-state index contributed by atoms with van der Waals surface area (Å²) in [5, 5.41) is 8.72. The Morgan fingerprint density at radius 1 is 1.43 bits per heavy atom. The van der Waals surface area contributed by atoms with Crippen molar-refractivity contribution in [3.05, 3.63) is 35.1 Å². The number of aliphatic hydroxyl groups excluding tert-OH is 1. The number of rotatable bonds is 4. The first-order valence-corrected chi connectivity index (χ1v) is 7.31. The molecule has 1 saturated heterocycles. The van der Waals surface area contributed by atoms with E-state index >= 15 is 0 Å². The molecule has 1 heterocycles. The summed E-state index contributed by atoms with van der Waals surface area (Å²) in [6.07, 6.45) is 2.35. The van der Waals surface area contributed by atoms with Crippen molar-refractivity contribution in [3.8, 4) is 11.8 Å². The number of halogens is 1. The summed E-state index contributed by atoms with van der Waals surface area (Å²) in [5.74, 6) is 5.60. The Balaban J connectivity index is 2.03. The van der Waals surface area contributed by atoms with Gasteiger partial charge in [0, 0.05) is 25.8 Å². The Morgan fingerprint density at radius 3 is 3.05 bits per heavy atom. The second-order valence-electron chi connectivity index (χ2n) is 5.51. The van der Waals surface area contributed by atoms with Gasteiger partial charge in [0.15, 0.2) is 0 Å². The Kier molecular flexibility index (Phi) is 6.19. The lowest BCUT2D eigenvalue weighted by Gasteiger charge is -2.32. The van der Waals surface area contributed by atoms with Crippen molar-refractivity contribution >= 4 is 0 Å². The zero-order valence-electron chi connectivity index (χ0n) is 12.4. The van der Waals surface area contributed by atoms with Gasteiger partial charge in [-0.2, -0.15) is 0 Å². The van der Waals surface area contributed by atoms with Crippen LogP contribution in [0.2, 0.25) is 0 Å². The van der Waals surface area contributed by atoms with E-state index < -0.39 is 0 Å². The number of nitrogens with zero attached hydrogens (tertiary/aromatic N) is 1. The fourth-order valence-corrected chi connectivity index (χ4v) is 2.88. The smallest absolute Gasteiger partial charge is 0.124 e. The van der Waals surface area contributed by atoms with Crippen LogP contribution in [0.15, 0.2) is 18.2 Å². The zero-order valence-corrected chi connectivity index (χ0v) is 12.4. The molecule has 114 valence electrons. The predicted octanol–water partition coefficient (Wildman–Crippen LogP) is 2.03. The van der Waals surface area contributed by atoms with Crippen LogP contribution in [0.1, 0.15) is 24.0 Å². The molecule has 0 saturated carbocycles. The number of benzene rings is 1. The molecule has 1 N–H and O–H groups in total. The van der Waals surface area contributed by atoms with Gasteiger partial charge in [0.1, 0.15) is 12.4 Å². The van der Waals surface area contributed by atoms with Gasteiger partial charge >= 0.3 is 0 Å². The highest BCUT2D eigenvalue weighted by Crippen LogP contribution is 2.19. The molecular formula is C17H22FNO2. The molecule has 0 spiro atoms. The average molecular weight is 291 g/mol. The fourth-order valence-electron chi connectivity index (χ4n) is 2.88. The summed E-state index contributed by atoms with van der Waals surface area (Å²) in [6.45, 7) is 3.33. The van der Waals surface area contributed by atoms with Crippen LogP contribution in [0.5, 0.6) is 0 Å². The van der Waals surface area contributed by atoms with Crippen LogP contribution in [-0.4, -0.2) is 43.4 Å². The number of methoxy groups -OCH3 is 1. The molecule has 0 aromatic heterocycles. The molecule has 3 nitrogen and oxygen atoms in total. The Labute approximate surface area is 125 Å². The van der Waals surface area contributed by atoms with Crippen LogP contribution >= 0.6 is 0 Å². The molecular weight excluding hydrogens is 269 g/mol. The second kappa shape index (κ2) is 8.14. The summed E-state index contributed by atoms with van der Waals surface area (Å²) >= 11 is 0.